The minimum atomic E-state index is -0.319. The Hall–Kier alpha value is -3.13. The maximum Gasteiger partial charge on any atom is 0.248 e. The van der Waals surface area contributed by atoms with Crippen LogP contribution in [0.2, 0.25) is 0 Å². The van der Waals surface area contributed by atoms with Crippen molar-refractivity contribution >= 4 is 11.6 Å². The number of carbonyl (C=O) groups is 1. The van der Waals surface area contributed by atoms with Crippen molar-refractivity contribution in [1.82, 2.24) is 4.90 Å². The molecule has 2 aromatic rings. The van der Waals surface area contributed by atoms with Crippen molar-refractivity contribution in [2.24, 2.45) is 5.16 Å². The van der Waals surface area contributed by atoms with E-state index >= 15 is 0 Å². The highest BCUT2D eigenvalue weighted by atomic mass is 19.1. The fourth-order valence-electron chi connectivity index (χ4n) is 3.24. The molecule has 1 aliphatic heterocycles. The highest BCUT2D eigenvalue weighted by Crippen LogP contribution is 2.29. The van der Waals surface area contributed by atoms with E-state index in [4.69, 9.17) is 19.0 Å². The normalized spacial score (nSPS) is 15.3. The van der Waals surface area contributed by atoms with Crippen molar-refractivity contribution in [2.45, 2.75) is 19.1 Å². The number of benzene rings is 2. The molecule has 0 saturated heterocycles. The Bertz CT molecular complexity index is 901. The predicted octanol–water partition coefficient (Wildman–Crippen LogP) is 3.01. The first-order chi connectivity index (χ1) is 14.5. The summed E-state index contributed by atoms with van der Waals surface area (Å²) in [6.07, 6.45) is 0.240. The lowest BCUT2D eigenvalue weighted by atomic mass is 10.0. The summed E-state index contributed by atoms with van der Waals surface area (Å²) in [5.41, 5.74) is 2.45. The maximum absolute atomic E-state index is 13.2. The topological polar surface area (TPSA) is 69.6 Å². The molecule has 0 radical (unpaired) electrons. The summed E-state index contributed by atoms with van der Waals surface area (Å²) < 4.78 is 28.8. The van der Waals surface area contributed by atoms with E-state index in [9.17, 15) is 9.18 Å². The van der Waals surface area contributed by atoms with Crippen LogP contribution < -0.4 is 9.47 Å². The zero-order valence-electron chi connectivity index (χ0n) is 17.3. The molecule has 1 heterocycles. The van der Waals surface area contributed by atoms with Crippen LogP contribution in [0.4, 0.5) is 4.39 Å². The van der Waals surface area contributed by atoms with E-state index in [0.29, 0.717) is 31.0 Å². The van der Waals surface area contributed by atoms with Crippen LogP contribution in [-0.4, -0.2) is 57.1 Å². The minimum absolute atomic E-state index is 0.0443. The van der Waals surface area contributed by atoms with E-state index in [-0.39, 0.29) is 24.4 Å². The van der Waals surface area contributed by atoms with Crippen molar-refractivity contribution in [3.63, 3.8) is 0 Å². The molecule has 1 atom stereocenters. The fraction of sp³-hybridized carbons (Fsp3) is 0.364. The minimum Gasteiger partial charge on any atom is -0.493 e. The van der Waals surface area contributed by atoms with Crippen LogP contribution in [0, 0.1) is 5.82 Å². The summed E-state index contributed by atoms with van der Waals surface area (Å²) >= 11 is 0. The number of hydrogen-bond donors (Lipinski definition) is 0. The van der Waals surface area contributed by atoms with Gasteiger partial charge in [-0.25, -0.2) is 4.39 Å². The summed E-state index contributed by atoms with van der Waals surface area (Å²) in [5.74, 6) is 0.743. The Labute approximate surface area is 175 Å². The van der Waals surface area contributed by atoms with Gasteiger partial charge < -0.3 is 23.9 Å². The molecule has 30 heavy (non-hydrogen) atoms. The average Bonchev–Trinajstić information content (AvgIpc) is 3.23. The molecule has 0 aliphatic carbocycles. The van der Waals surface area contributed by atoms with Crippen molar-refractivity contribution in [3.8, 4) is 11.5 Å². The van der Waals surface area contributed by atoms with Gasteiger partial charge in [-0.05, 0) is 35.9 Å². The van der Waals surface area contributed by atoms with E-state index in [0.717, 1.165) is 16.8 Å². The van der Waals surface area contributed by atoms with Gasteiger partial charge >= 0.3 is 0 Å². The van der Waals surface area contributed by atoms with Gasteiger partial charge in [0, 0.05) is 25.6 Å². The lowest BCUT2D eigenvalue weighted by Gasteiger charge is -2.24. The Morgan fingerprint density at radius 2 is 1.87 bits per heavy atom. The van der Waals surface area contributed by atoms with Crippen LogP contribution in [0.15, 0.2) is 47.6 Å². The van der Waals surface area contributed by atoms with Gasteiger partial charge in [-0.2, -0.15) is 0 Å². The monoisotopic (exact) mass is 416 g/mol. The van der Waals surface area contributed by atoms with Gasteiger partial charge in [0.15, 0.2) is 17.6 Å². The number of methoxy groups -OCH3 is 3. The third-order valence-electron chi connectivity index (χ3n) is 4.78. The lowest BCUT2D eigenvalue weighted by Crippen LogP contribution is -2.39. The van der Waals surface area contributed by atoms with Crippen LogP contribution in [0.1, 0.15) is 17.5 Å². The molecule has 0 spiro atoms. The number of amides is 1. The smallest absolute Gasteiger partial charge is 0.248 e. The van der Waals surface area contributed by atoms with Gasteiger partial charge in [-0.3, -0.25) is 4.79 Å². The van der Waals surface area contributed by atoms with Gasteiger partial charge in [-0.15, -0.1) is 0 Å². The van der Waals surface area contributed by atoms with Gasteiger partial charge in [0.05, 0.1) is 26.5 Å². The van der Waals surface area contributed by atoms with Crippen molar-refractivity contribution in [2.75, 3.05) is 34.5 Å². The molecule has 0 N–H and O–H groups in total. The fourth-order valence-corrected chi connectivity index (χ4v) is 3.24. The number of ether oxygens (including phenoxy) is 3. The quantitative estimate of drug-likeness (QED) is 0.629. The van der Waals surface area contributed by atoms with Gasteiger partial charge in [-0.1, -0.05) is 17.3 Å². The predicted molar refractivity (Wildman–Crippen MR) is 109 cm³/mol. The number of carbonyl (C=O) groups excluding carboxylic acids is 1. The highest BCUT2D eigenvalue weighted by Gasteiger charge is 2.27. The van der Waals surface area contributed by atoms with Crippen molar-refractivity contribution in [3.05, 3.63) is 59.4 Å². The summed E-state index contributed by atoms with van der Waals surface area (Å²) in [4.78, 5) is 19.7. The first-order valence-corrected chi connectivity index (χ1v) is 9.50. The van der Waals surface area contributed by atoms with Gasteiger partial charge in [0.1, 0.15) is 12.4 Å². The molecule has 1 aliphatic rings. The van der Waals surface area contributed by atoms with Gasteiger partial charge in [0.2, 0.25) is 5.91 Å². The SMILES string of the molecule is COCC(=O)N(Cc1ccc(F)cc1)C[C@H]1CC(c2ccc(OC)c(OC)c2)=NO1. The second-order valence-electron chi connectivity index (χ2n) is 6.87. The number of nitrogens with zero attached hydrogens (tertiary/aromatic N) is 2. The molecular formula is C22H25FN2O5. The molecule has 3 rings (SSSR count). The molecule has 0 aromatic heterocycles. The Morgan fingerprint density at radius 1 is 1.13 bits per heavy atom. The highest BCUT2D eigenvalue weighted by molar-refractivity contribution is 6.01. The molecule has 160 valence electrons. The molecule has 0 bridgehead atoms. The number of rotatable bonds is 9. The maximum atomic E-state index is 13.2. The second-order valence-corrected chi connectivity index (χ2v) is 6.87. The molecule has 0 unspecified atom stereocenters. The van der Waals surface area contributed by atoms with Crippen molar-refractivity contribution in [1.29, 1.82) is 0 Å². The Morgan fingerprint density at radius 3 is 2.53 bits per heavy atom. The summed E-state index contributed by atoms with van der Waals surface area (Å²) in [6.45, 7) is 0.616. The van der Waals surface area contributed by atoms with E-state index in [1.54, 1.807) is 31.3 Å². The first-order valence-electron chi connectivity index (χ1n) is 9.50. The van der Waals surface area contributed by atoms with Gasteiger partial charge in [0.25, 0.3) is 0 Å². The molecule has 8 heteroatoms. The molecule has 0 fully saturated rings. The number of hydrogen-bond acceptors (Lipinski definition) is 6. The van der Waals surface area contributed by atoms with Crippen LogP contribution in [0.3, 0.4) is 0 Å². The van der Waals surface area contributed by atoms with E-state index in [2.05, 4.69) is 5.16 Å². The molecule has 2 aromatic carbocycles. The van der Waals surface area contributed by atoms with Crippen LogP contribution >= 0.6 is 0 Å². The Kier molecular flexibility index (Phi) is 7.24. The van der Waals surface area contributed by atoms with Crippen molar-refractivity contribution < 1.29 is 28.2 Å². The third kappa shape index (κ3) is 5.27. The molecule has 0 saturated carbocycles. The molecular weight excluding hydrogens is 391 g/mol. The summed E-state index contributed by atoms with van der Waals surface area (Å²) in [7, 11) is 4.63. The number of halogens is 1. The molecule has 1 amide bonds. The van der Waals surface area contributed by atoms with Crippen LogP contribution in [0.5, 0.6) is 11.5 Å². The van der Waals surface area contributed by atoms with E-state index < -0.39 is 0 Å². The molecule has 7 nitrogen and oxygen atoms in total. The van der Waals surface area contributed by atoms with E-state index in [1.165, 1.54) is 19.2 Å². The largest absolute Gasteiger partial charge is 0.493 e. The van der Waals surface area contributed by atoms with Crippen LogP contribution in [-0.2, 0) is 20.9 Å². The summed E-state index contributed by atoms with van der Waals surface area (Å²) in [6, 6.07) is 11.6. The first kappa shape index (κ1) is 21.6. The zero-order valence-corrected chi connectivity index (χ0v) is 17.3. The lowest BCUT2D eigenvalue weighted by molar-refractivity contribution is -0.137. The summed E-state index contributed by atoms with van der Waals surface area (Å²) in [5, 5.41) is 4.20. The zero-order chi connectivity index (χ0) is 21.5. The van der Waals surface area contributed by atoms with Crippen LogP contribution in [0.25, 0.3) is 0 Å². The standard InChI is InChI=1S/C22H25FN2O5/c1-27-14-22(26)25(12-15-4-7-17(23)8-5-15)13-18-11-19(24-30-18)16-6-9-20(28-2)21(10-16)29-3/h4-10,18H,11-14H2,1-3H3/t18-/m1/s1. The third-order valence-corrected chi connectivity index (χ3v) is 4.78. The average molecular weight is 416 g/mol. The second kappa shape index (κ2) is 10.1. The Balaban J connectivity index is 1.68. The number of oxime groups is 1. The van der Waals surface area contributed by atoms with E-state index in [1.807, 2.05) is 18.2 Å².